The first-order chi connectivity index (χ1) is 28.8. The van der Waals surface area contributed by atoms with Gasteiger partial charge in [0.15, 0.2) is 0 Å². The highest BCUT2D eigenvalue weighted by molar-refractivity contribution is 5.96. The van der Waals surface area contributed by atoms with Crippen LogP contribution in [0.5, 0.6) is 0 Å². The van der Waals surface area contributed by atoms with E-state index in [-0.39, 0.29) is 32.5 Å². The van der Waals surface area contributed by atoms with E-state index in [1.54, 1.807) is 0 Å². The molecule has 0 bridgehead atoms. The zero-order chi connectivity index (χ0) is 43.1. The van der Waals surface area contributed by atoms with E-state index < -0.39 is 0 Å². The Bertz CT molecular complexity index is 2790. The Labute approximate surface area is 365 Å². The normalized spacial score (nSPS) is 18.6. The Morgan fingerprint density at radius 1 is 0.279 bits per heavy atom. The Morgan fingerprint density at radius 3 is 1.23 bits per heavy atom. The summed E-state index contributed by atoms with van der Waals surface area (Å²) in [5, 5.41) is 0. The van der Waals surface area contributed by atoms with E-state index in [0.717, 1.165) is 0 Å². The summed E-state index contributed by atoms with van der Waals surface area (Å²) in [5.41, 5.74) is 21.9. The lowest BCUT2D eigenvalue weighted by atomic mass is 9.55. The van der Waals surface area contributed by atoms with Crippen LogP contribution in [0, 0.1) is 0 Å². The number of nitrogens with zero attached hydrogens (tertiary/aromatic N) is 1. The largest absolute Gasteiger partial charge is 0.310 e. The second-order valence-corrected chi connectivity index (χ2v) is 21.5. The van der Waals surface area contributed by atoms with Crippen LogP contribution in [0.15, 0.2) is 152 Å². The van der Waals surface area contributed by atoms with Crippen molar-refractivity contribution in [3.05, 3.63) is 185 Å². The van der Waals surface area contributed by atoms with Gasteiger partial charge in [0.05, 0.1) is 5.69 Å². The number of hydrogen-bond donors (Lipinski definition) is 0. The summed E-state index contributed by atoms with van der Waals surface area (Å²) in [6, 6.07) is 58.1. The minimum absolute atomic E-state index is 0.0382. The quantitative estimate of drug-likeness (QED) is 0.172. The average molecular weight is 796 g/mol. The molecule has 0 unspecified atom stereocenters. The maximum absolute atomic E-state index is 2.59. The molecule has 0 saturated carbocycles. The van der Waals surface area contributed by atoms with E-state index in [4.69, 9.17) is 0 Å². The maximum atomic E-state index is 2.59. The van der Waals surface area contributed by atoms with Crippen molar-refractivity contribution >= 4 is 17.1 Å². The summed E-state index contributed by atoms with van der Waals surface area (Å²) in [4.78, 5) is 2.59. The highest BCUT2D eigenvalue weighted by atomic mass is 15.1. The summed E-state index contributed by atoms with van der Waals surface area (Å²) in [6.07, 6.45) is 0. The second-order valence-electron chi connectivity index (χ2n) is 21.5. The fourth-order valence-electron chi connectivity index (χ4n) is 11.5. The van der Waals surface area contributed by atoms with Crippen LogP contribution in [0.25, 0.3) is 44.5 Å². The predicted octanol–water partition coefficient (Wildman–Crippen LogP) is 16.5. The van der Waals surface area contributed by atoms with Crippen LogP contribution in [0.4, 0.5) is 17.1 Å². The summed E-state index contributed by atoms with van der Waals surface area (Å²) in [6.45, 7) is 29.2. The third-order valence-corrected chi connectivity index (χ3v) is 17.4. The van der Waals surface area contributed by atoms with Gasteiger partial charge in [-0.05, 0) is 141 Å². The van der Waals surface area contributed by atoms with Crippen molar-refractivity contribution in [1.82, 2.24) is 0 Å². The van der Waals surface area contributed by atoms with Gasteiger partial charge >= 0.3 is 0 Å². The smallest absolute Gasteiger partial charge is 0.0543 e. The summed E-state index contributed by atoms with van der Waals surface area (Å²) < 4.78 is 0. The van der Waals surface area contributed by atoms with Gasteiger partial charge in [-0.2, -0.15) is 0 Å². The molecule has 61 heavy (non-hydrogen) atoms. The zero-order valence-corrected chi connectivity index (χ0v) is 38.4. The Morgan fingerprint density at radius 2 is 0.705 bits per heavy atom. The molecule has 3 aliphatic rings. The van der Waals surface area contributed by atoms with E-state index >= 15 is 0 Å². The van der Waals surface area contributed by atoms with Crippen molar-refractivity contribution in [1.29, 1.82) is 0 Å². The molecular formula is C60H61N. The molecule has 7 aromatic carbocycles. The third-order valence-electron chi connectivity index (χ3n) is 17.4. The third kappa shape index (κ3) is 5.25. The van der Waals surface area contributed by atoms with Gasteiger partial charge in [-0.15, -0.1) is 0 Å². The number of hydrogen-bond acceptors (Lipinski definition) is 1. The minimum Gasteiger partial charge on any atom is -0.310 e. The number of fused-ring (bicyclic) bond motifs is 9. The van der Waals surface area contributed by atoms with Crippen LogP contribution in [-0.2, 0) is 32.5 Å². The standard InChI is InChI=1S/C60H61N/c1-55(2)47-25-18-16-23-42(47)45-36-40(30-33-49(45)57(55,5)6)61(41-31-34-50-46(37-41)43-24-17-19-26-48(43)56(3,4)58(50,7)8)53-28-20-27-51-54(53)44-32-29-39(38-21-14-13-15-22-38)35-52(44)60(11,12)59(51,9)10/h13-37H,1-12H3. The van der Waals surface area contributed by atoms with Crippen molar-refractivity contribution in [3.8, 4) is 44.5 Å². The number of benzene rings is 7. The first-order valence-electron chi connectivity index (χ1n) is 22.4. The molecule has 0 fully saturated rings. The molecule has 1 nitrogen and oxygen atoms in total. The summed E-state index contributed by atoms with van der Waals surface area (Å²) in [5.74, 6) is 0. The van der Waals surface area contributed by atoms with Crippen molar-refractivity contribution in [3.63, 3.8) is 0 Å². The maximum Gasteiger partial charge on any atom is 0.0543 e. The minimum atomic E-state index is -0.166. The lowest BCUT2D eigenvalue weighted by Gasteiger charge is -2.50. The number of anilines is 3. The Hall–Kier alpha value is -5.66. The van der Waals surface area contributed by atoms with Gasteiger partial charge in [-0.25, -0.2) is 0 Å². The molecule has 0 amide bonds. The first-order valence-corrected chi connectivity index (χ1v) is 22.4. The molecule has 0 N–H and O–H groups in total. The lowest BCUT2D eigenvalue weighted by Crippen LogP contribution is -2.44. The van der Waals surface area contributed by atoms with Crippen LogP contribution in [0.3, 0.4) is 0 Å². The van der Waals surface area contributed by atoms with Gasteiger partial charge in [-0.3, -0.25) is 0 Å². The van der Waals surface area contributed by atoms with E-state index in [0.29, 0.717) is 0 Å². The molecule has 0 radical (unpaired) electrons. The predicted molar refractivity (Wildman–Crippen MR) is 261 cm³/mol. The average Bonchev–Trinajstić information content (AvgIpc) is 3.25. The van der Waals surface area contributed by atoms with Crippen molar-refractivity contribution < 1.29 is 0 Å². The fraction of sp³-hybridized carbons (Fsp3) is 0.300. The molecular weight excluding hydrogens is 735 g/mol. The molecule has 0 aromatic heterocycles. The van der Waals surface area contributed by atoms with E-state index in [2.05, 4.69) is 240 Å². The second kappa shape index (κ2) is 12.9. The highest BCUT2D eigenvalue weighted by Gasteiger charge is 2.49. The fourth-order valence-corrected chi connectivity index (χ4v) is 11.5. The van der Waals surface area contributed by atoms with Gasteiger partial charge < -0.3 is 4.90 Å². The Kier molecular flexibility index (Phi) is 8.37. The molecule has 10 rings (SSSR count). The van der Waals surface area contributed by atoms with Crippen LogP contribution in [0.2, 0.25) is 0 Å². The molecule has 0 spiro atoms. The molecule has 306 valence electrons. The van der Waals surface area contributed by atoms with E-state index in [1.807, 2.05) is 0 Å². The molecule has 1 heteroatoms. The van der Waals surface area contributed by atoms with Crippen molar-refractivity contribution in [2.45, 2.75) is 116 Å². The summed E-state index contributed by atoms with van der Waals surface area (Å²) in [7, 11) is 0. The molecule has 0 heterocycles. The van der Waals surface area contributed by atoms with Gasteiger partial charge in [0.2, 0.25) is 0 Å². The SMILES string of the molecule is CC1(C)c2ccccc2-c2cc(N(c3ccc4c(c3)-c3ccccc3C(C)(C)C4(C)C)c3cccc4c3-c3ccc(-c5ccccc5)cc3C(C)(C)C4(C)C)ccc2C1(C)C. The molecule has 3 aliphatic carbocycles. The van der Waals surface area contributed by atoms with Gasteiger partial charge in [-0.1, -0.05) is 198 Å². The van der Waals surface area contributed by atoms with Crippen LogP contribution >= 0.6 is 0 Å². The molecule has 0 aliphatic heterocycles. The van der Waals surface area contributed by atoms with E-state index in [1.165, 1.54) is 95.0 Å². The Balaban J connectivity index is 1.27. The molecule has 7 aromatic rings. The summed E-state index contributed by atoms with van der Waals surface area (Å²) >= 11 is 0. The van der Waals surface area contributed by atoms with Crippen LogP contribution < -0.4 is 4.90 Å². The van der Waals surface area contributed by atoms with Gasteiger partial charge in [0, 0.05) is 16.9 Å². The topological polar surface area (TPSA) is 3.24 Å². The zero-order valence-electron chi connectivity index (χ0n) is 38.4. The van der Waals surface area contributed by atoms with Gasteiger partial charge in [0.1, 0.15) is 0 Å². The van der Waals surface area contributed by atoms with Crippen molar-refractivity contribution in [2.24, 2.45) is 0 Å². The monoisotopic (exact) mass is 795 g/mol. The first kappa shape index (κ1) is 39.5. The van der Waals surface area contributed by atoms with Crippen LogP contribution in [0.1, 0.15) is 116 Å². The number of rotatable bonds is 4. The van der Waals surface area contributed by atoms with E-state index in [9.17, 15) is 0 Å². The highest BCUT2D eigenvalue weighted by Crippen LogP contribution is 2.60. The van der Waals surface area contributed by atoms with Gasteiger partial charge in [0.25, 0.3) is 0 Å². The molecule has 0 saturated heterocycles. The van der Waals surface area contributed by atoms with Crippen LogP contribution in [-0.4, -0.2) is 0 Å². The lowest BCUT2D eigenvalue weighted by molar-refractivity contribution is 0.299. The van der Waals surface area contributed by atoms with Crippen molar-refractivity contribution in [2.75, 3.05) is 4.90 Å². The molecule has 0 atom stereocenters.